The second-order valence-corrected chi connectivity index (χ2v) is 4.80. The summed E-state index contributed by atoms with van der Waals surface area (Å²) in [6.45, 7) is 6.50. The van der Waals surface area contributed by atoms with Crippen molar-refractivity contribution in [3.05, 3.63) is 10.3 Å². The molecular weight excluding hydrogens is 184 g/mol. The quantitative estimate of drug-likeness (QED) is 0.730. The van der Waals surface area contributed by atoms with E-state index < -0.39 is 0 Å². The molecule has 1 aromatic heterocycles. The molecule has 0 bridgehead atoms. The summed E-state index contributed by atoms with van der Waals surface area (Å²) >= 11 is 1.68. The normalized spacial score (nSPS) is 11.5. The van der Waals surface area contributed by atoms with Crippen molar-refractivity contribution in [1.29, 1.82) is 0 Å². The molecule has 1 heterocycles. The van der Waals surface area contributed by atoms with Gasteiger partial charge in [0.1, 0.15) is 0 Å². The lowest BCUT2D eigenvalue weighted by Crippen LogP contribution is -2.10. The molecule has 1 aromatic rings. The lowest BCUT2D eigenvalue weighted by Gasteiger charge is -2.18. The number of methoxy groups -OCH3 is 2. The summed E-state index contributed by atoms with van der Waals surface area (Å²) in [6.07, 6.45) is 0. The molecule has 74 valence electrons. The molecule has 0 atom stereocenters. The summed E-state index contributed by atoms with van der Waals surface area (Å²) in [5.41, 5.74) is 0.118. The molecule has 0 radical (unpaired) electrons. The fourth-order valence-electron chi connectivity index (χ4n) is 1.18. The molecule has 0 aliphatic carbocycles. The molecule has 0 unspecified atom stereocenters. The number of hydrogen-bond acceptors (Lipinski definition) is 3. The summed E-state index contributed by atoms with van der Waals surface area (Å²) in [7, 11) is 3.34. The van der Waals surface area contributed by atoms with Crippen molar-refractivity contribution in [3.63, 3.8) is 0 Å². The van der Waals surface area contributed by atoms with Gasteiger partial charge in [-0.2, -0.15) is 0 Å². The molecule has 0 saturated carbocycles. The standard InChI is InChI=1S/C10H16O2S/c1-10(2,3)9-8(12-5)7(11-4)6-13-9/h6H,1-5H3. The molecule has 0 aliphatic rings. The Bertz CT molecular complexity index is 284. The number of rotatable bonds is 2. The van der Waals surface area contributed by atoms with Crippen molar-refractivity contribution in [2.24, 2.45) is 0 Å². The lowest BCUT2D eigenvalue weighted by atomic mass is 9.94. The number of ether oxygens (including phenoxy) is 2. The Hall–Kier alpha value is -0.700. The Morgan fingerprint density at radius 3 is 2.15 bits per heavy atom. The Kier molecular flexibility index (Phi) is 2.86. The van der Waals surface area contributed by atoms with Crippen molar-refractivity contribution >= 4 is 11.3 Å². The first-order valence-electron chi connectivity index (χ1n) is 4.20. The zero-order valence-electron chi connectivity index (χ0n) is 8.80. The van der Waals surface area contributed by atoms with Gasteiger partial charge >= 0.3 is 0 Å². The highest BCUT2D eigenvalue weighted by molar-refractivity contribution is 7.10. The van der Waals surface area contributed by atoms with E-state index in [0.29, 0.717) is 0 Å². The fraction of sp³-hybridized carbons (Fsp3) is 0.600. The summed E-state index contributed by atoms with van der Waals surface area (Å²) in [6, 6.07) is 0. The van der Waals surface area contributed by atoms with Gasteiger partial charge in [-0.15, -0.1) is 11.3 Å². The van der Waals surface area contributed by atoms with E-state index in [0.717, 1.165) is 11.5 Å². The van der Waals surface area contributed by atoms with E-state index in [1.165, 1.54) is 4.88 Å². The van der Waals surface area contributed by atoms with Crippen LogP contribution >= 0.6 is 11.3 Å². The van der Waals surface area contributed by atoms with Crippen LogP contribution in [0.3, 0.4) is 0 Å². The van der Waals surface area contributed by atoms with E-state index in [2.05, 4.69) is 20.8 Å². The first kappa shape index (κ1) is 10.4. The maximum Gasteiger partial charge on any atom is 0.175 e. The van der Waals surface area contributed by atoms with Crippen LogP contribution in [-0.2, 0) is 5.41 Å². The van der Waals surface area contributed by atoms with Crippen LogP contribution in [0, 0.1) is 0 Å². The smallest absolute Gasteiger partial charge is 0.175 e. The third kappa shape index (κ3) is 1.97. The van der Waals surface area contributed by atoms with Gasteiger partial charge in [0.15, 0.2) is 11.5 Å². The number of thiophene rings is 1. The molecule has 3 heteroatoms. The third-order valence-electron chi connectivity index (χ3n) is 1.82. The second-order valence-electron chi connectivity index (χ2n) is 3.92. The minimum Gasteiger partial charge on any atom is -0.492 e. The van der Waals surface area contributed by atoms with E-state index in [9.17, 15) is 0 Å². The van der Waals surface area contributed by atoms with Gasteiger partial charge in [-0.3, -0.25) is 0 Å². The van der Waals surface area contributed by atoms with Gasteiger partial charge in [-0.1, -0.05) is 20.8 Å². The Labute approximate surface area is 83.5 Å². The summed E-state index contributed by atoms with van der Waals surface area (Å²) in [4.78, 5) is 1.23. The predicted molar refractivity (Wildman–Crippen MR) is 56.1 cm³/mol. The highest BCUT2D eigenvalue weighted by Crippen LogP contribution is 2.43. The highest BCUT2D eigenvalue weighted by Gasteiger charge is 2.23. The summed E-state index contributed by atoms with van der Waals surface area (Å²) in [5.74, 6) is 1.71. The second kappa shape index (κ2) is 3.58. The Morgan fingerprint density at radius 2 is 1.77 bits per heavy atom. The van der Waals surface area contributed by atoms with Gasteiger partial charge in [0, 0.05) is 10.8 Å². The van der Waals surface area contributed by atoms with Gasteiger partial charge < -0.3 is 9.47 Å². The van der Waals surface area contributed by atoms with Gasteiger partial charge in [-0.05, 0) is 0 Å². The van der Waals surface area contributed by atoms with Crippen LogP contribution in [0.15, 0.2) is 5.38 Å². The van der Waals surface area contributed by atoms with Crippen molar-refractivity contribution in [1.82, 2.24) is 0 Å². The zero-order valence-corrected chi connectivity index (χ0v) is 9.62. The molecule has 0 aromatic carbocycles. The Balaban J connectivity index is 3.16. The molecule has 0 saturated heterocycles. The molecule has 1 rings (SSSR count). The van der Waals surface area contributed by atoms with E-state index in [1.54, 1.807) is 25.6 Å². The molecule has 2 nitrogen and oxygen atoms in total. The van der Waals surface area contributed by atoms with E-state index in [-0.39, 0.29) is 5.41 Å². The number of hydrogen-bond donors (Lipinski definition) is 0. The van der Waals surface area contributed by atoms with E-state index in [4.69, 9.17) is 9.47 Å². The van der Waals surface area contributed by atoms with Crippen LogP contribution in [-0.4, -0.2) is 14.2 Å². The lowest BCUT2D eigenvalue weighted by molar-refractivity contribution is 0.350. The van der Waals surface area contributed by atoms with Gasteiger partial charge in [0.05, 0.1) is 19.1 Å². The molecule has 0 N–H and O–H groups in total. The topological polar surface area (TPSA) is 18.5 Å². The Morgan fingerprint density at radius 1 is 1.15 bits per heavy atom. The summed E-state index contributed by atoms with van der Waals surface area (Å²) < 4.78 is 10.5. The molecule has 0 aliphatic heterocycles. The maximum atomic E-state index is 5.32. The summed E-state index contributed by atoms with van der Waals surface area (Å²) in [5, 5.41) is 1.99. The molecular formula is C10H16O2S. The van der Waals surface area contributed by atoms with Crippen molar-refractivity contribution in [2.75, 3.05) is 14.2 Å². The zero-order chi connectivity index (χ0) is 10.1. The van der Waals surface area contributed by atoms with Crippen molar-refractivity contribution < 1.29 is 9.47 Å². The monoisotopic (exact) mass is 200 g/mol. The van der Waals surface area contributed by atoms with Crippen LogP contribution in [0.25, 0.3) is 0 Å². The van der Waals surface area contributed by atoms with Crippen LogP contribution in [0.5, 0.6) is 11.5 Å². The maximum absolute atomic E-state index is 5.32. The SMILES string of the molecule is COc1csc(C(C)(C)C)c1OC. The first-order valence-corrected chi connectivity index (χ1v) is 5.08. The molecule has 0 spiro atoms. The van der Waals surface area contributed by atoms with Crippen LogP contribution in [0.2, 0.25) is 0 Å². The first-order chi connectivity index (χ1) is 6.00. The minimum absolute atomic E-state index is 0.118. The molecule has 13 heavy (non-hydrogen) atoms. The van der Waals surface area contributed by atoms with E-state index >= 15 is 0 Å². The highest BCUT2D eigenvalue weighted by atomic mass is 32.1. The average molecular weight is 200 g/mol. The van der Waals surface area contributed by atoms with Crippen LogP contribution in [0.4, 0.5) is 0 Å². The average Bonchev–Trinajstić information content (AvgIpc) is 2.45. The molecule has 0 fully saturated rings. The van der Waals surface area contributed by atoms with E-state index in [1.807, 2.05) is 5.38 Å². The minimum atomic E-state index is 0.118. The third-order valence-corrected chi connectivity index (χ3v) is 3.18. The van der Waals surface area contributed by atoms with Gasteiger partial charge in [0.2, 0.25) is 0 Å². The fourth-order valence-corrected chi connectivity index (χ4v) is 2.26. The molecule has 0 amide bonds. The van der Waals surface area contributed by atoms with Crippen molar-refractivity contribution in [3.8, 4) is 11.5 Å². The van der Waals surface area contributed by atoms with Crippen LogP contribution < -0.4 is 9.47 Å². The van der Waals surface area contributed by atoms with Gasteiger partial charge in [-0.25, -0.2) is 0 Å². The van der Waals surface area contributed by atoms with Gasteiger partial charge in [0.25, 0.3) is 0 Å². The van der Waals surface area contributed by atoms with Crippen molar-refractivity contribution in [2.45, 2.75) is 26.2 Å². The largest absolute Gasteiger partial charge is 0.492 e. The predicted octanol–water partition coefficient (Wildman–Crippen LogP) is 3.06. The van der Waals surface area contributed by atoms with Crippen LogP contribution in [0.1, 0.15) is 25.6 Å².